The van der Waals surface area contributed by atoms with Gasteiger partial charge in [-0.05, 0) is 37.6 Å². The van der Waals surface area contributed by atoms with Crippen molar-refractivity contribution in [1.82, 2.24) is 9.97 Å². The Morgan fingerprint density at radius 2 is 2.07 bits per heavy atom. The van der Waals surface area contributed by atoms with Crippen LogP contribution in [0, 0.1) is 6.92 Å². The van der Waals surface area contributed by atoms with Gasteiger partial charge in [0.25, 0.3) is 0 Å². The van der Waals surface area contributed by atoms with E-state index in [1.165, 1.54) is 12.3 Å². The molecule has 0 aliphatic heterocycles. The number of halogens is 2. The number of fused-ring (bicyclic) bond motifs is 1. The average molecular weight is 408 g/mol. The molecule has 3 rings (SSSR count). The van der Waals surface area contributed by atoms with Crippen LogP contribution in [0.25, 0.3) is 11.0 Å². The molecule has 0 saturated heterocycles. The van der Waals surface area contributed by atoms with Crippen LogP contribution < -0.4 is 5.32 Å². The lowest BCUT2D eigenvalue weighted by molar-refractivity contribution is 0.0506. The summed E-state index contributed by atoms with van der Waals surface area (Å²) in [6.07, 6.45) is 2.15. The molecule has 0 bridgehead atoms. The number of carbonyl (C=O) groups is 1. The second-order valence-electron chi connectivity index (χ2n) is 5.79. The van der Waals surface area contributed by atoms with Gasteiger partial charge in [0.1, 0.15) is 11.3 Å². The minimum atomic E-state index is -0.488. The Balaban J connectivity index is 0.00000261. The molecule has 2 N–H and O–H groups in total. The Hall–Kier alpha value is -2.57. The number of ether oxygens (including phenoxy) is 1. The van der Waals surface area contributed by atoms with Crippen LogP contribution in [0.2, 0.25) is 5.02 Å². The lowest BCUT2D eigenvalue weighted by Crippen LogP contribution is -2.10. The summed E-state index contributed by atoms with van der Waals surface area (Å²) in [7, 11) is 0. The Labute approximate surface area is 168 Å². The fourth-order valence-corrected chi connectivity index (χ4v) is 2.65. The lowest BCUT2D eigenvalue weighted by atomic mass is 10.1. The first-order chi connectivity index (χ1) is 12.5. The molecule has 0 aliphatic rings. The predicted octanol–water partition coefficient (Wildman–Crippen LogP) is 5.03. The molecular formula is C19H19Cl2N3O3. The van der Waals surface area contributed by atoms with Gasteiger partial charge in [-0.3, -0.25) is 0 Å². The van der Waals surface area contributed by atoms with E-state index in [2.05, 4.69) is 15.3 Å². The van der Waals surface area contributed by atoms with Gasteiger partial charge in [-0.2, -0.15) is 0 Å². The van der Waals surface area contributed by atoms with Crippen LogP contribution in [0.15, 0.2) is 36.5 Å². The molecule has 8 heteroatoms. The van der Waals surface area contributed by atoms with Crippen LogP contribution in [-0.4, -0.2) is 27.7 Å². The number of rotatable bonds is 5. The molecule has 1 aromatic carbocycles. The van der Waals surface area contributed by atoms with E-state index in [1.54, 1.807) is 12.1 Å². The quantitative estimate of drug-likeness (QED) is 0.455. The highest BCUT2D eigenvalue weighted by Gasteiger charge is 2.18. The van der Waals surface area contributed by atoms with Crippen LogP contribution in [0.4, 0.5) is 11.4 Å². The summed E-state index contributed by atoms with van der Waals surface area (Å²) in [5.41, 5.74) is 2.46. The SMILES string of the molecule is CCCOC(=O)c1cnc2nc(C)ccc2c1Nc1ccc(Cl)cc1O.Cl. The van der Waals surface area contributed by atoms with Gasteiger partial charge in [-0.25, -0.2) is 14.8 Å². The summed E-state index contributed by atoms with van der Waals surface area (Å²) < 4.78 is 5.25. The van der Waals surface area contributed by atoms with Crippen LogP contribution in [-0.2, 0) is 4.74 Å². The number of aromatic hydroxyl groups is 1. The molecule has 0 aliphatic carbocycles. The minimum Gasteiger partial charge on any atom is -0.506 e. The van der Waals surface area contributed by atoms with Crippen molar-refractivity contribution in [2.24, 2.45) is 0 Å². The molecule has 2 aromatic heterocycles. The number of nitrogens with one attached hydrogen (secondary N) is 1. The van der Waals surface area contributed by atoms with E-state index in [-0.39, 0.29) is 23.7 Å². The molecule has 0 unspecified atom stereocenters. The third kappa shape index (κ3) is 4.59. The molecule has 0 atom stereocenters. The second kappa shape index (κ2) is 8.88. The first-order valence-electron chi connectivity index (χ1n) is 8.18. The number of aromatic nitrogens is 2. The van der Waals surface area contributed by atoms with Gasteiger partial charge in [0.2, 0.25) is 0 Å². The third-order valence-electron chi connectivity index (χ3n) is 3.75. The van der Waals surface area contributed by atoms with Crippen molar-refractivity contribution >= 4 is 52.4 Å². The van der Waals surface area contributed by atoms with Gasteiger partial charge < -0.3 is 15.2 Å². The topological polar surface area (TPSA) is 84.3 Å². The molecule has 142 valence electrons. The highest BCUT2D eigenvalue weighted by molar-refractivity contribution is 6.30. The Kier molecular flexibility index (Phi) is 6.82. The first kappa shape index (κ1) is 20.7. The lowest BCUT2D eigenvalue weighted by Gasteiger charge is -2.15. The van der Waals surface area contributed by atoms with E-state index in [0.717, 1.165) is 5.69 Å². The number of anilines is 2. The second-order valence-corrected chi connectivity index (χ2v) is 6.23. The van der Waals surface area contributed by atoms with Crippen LogP contribution in [0.1, 0.15) is 29.4 Å². The number of benzene rings is 1. The van der Waals surface area contributed by atoms with Crippen LogP contribution in [0.3, 0.4) is 0 Å². The number of phenolic OH excluding ortho intramolecular Hbond substituents is 1. The molecular weight excluding hydrogens is 389 g/mol. The van der Waals surface area contributed by atoms with Crippen molar-refractivity contribution in [3.05, 3.63) is 52.8 Å². The monoisotopic (exact) mass is 407 g/mol. The maximum absolute atomic E-state index is 12.5. The molecule has 2 heterocycles. The summed E-state index contributed by atoms with van der Waals surface area (Å²) in [5.74, 6) is -0.520. The minimum absolute atomic E-state index is 0. The molecule has 0 spiro atoms. The average Bonchev–Trinajstić information content (AvgIpc) is 2.61. The van der Waals surface area contributed by atoms with E-state index >= 15 is 0 Å². The number of phenols is 1. The zero-order chi connectivity index (χ0) is 18.7. The Morgan fingerprint density at radius 1 is 1.30 bits per heavy atom. The van der Waals surface area contributed by atoms with Crippen molar-refractivity contribution in [1.29, 1.82) is 0 Å². The fraction of sp³-hybridized carbons (Fsp3) is 0.211. The smallest absolute Gasteiger partial charge is 0.341 e. The maximum Gasteiger partial charge on any atom is 0.341 e. The maximum atomic E-state index is 12.5. The zero-order valence-corrected chi connectivity index (χ0v) is 16.4. The number of pyridine rings is 2. The zero-order valence-electron chi connectivity index (χ0n) is 14.8. The van der Waals surface area contributed by atoms with Gasteiger partial charge in [-0.15, -0.1) is 12.4 Å². The molecule has 0 amide bonds. The Morgan fingerprint density at radius 3 is 2.78 bits per heavy atom. The number of nitrogens with zero attached hydrogens (tertiary/aromatic N) is 2. The van der Waals surface area contributed by atoms with Crippen molar-refractivity contribution in [3.63, 3.8) is 0 Å². The molecule has 0 saturated carbocycles. The number of hydrogen-bond acceptors (Lipinski definition) is 6. The van der Waals surface area contributed by atoms with E-state index in [4.69, 9.17) is 16.3 Å². The molecule has 3 aromatic rings. The number of esters is 1. The number of hydrogen-bond donors (Lipinski definition) is 2. The number of aryl methyl sites for hydroxylation is 1. The van der Waals surface area contributed by atoms with Crippen molar-refractivity contribution in [2.45, 2.75) is 20.3 Å². The van der Waals surface area contributed by atoms with E-state index in [1.807, 2.05) is 26.0 Å². The van der Waals surface area contributed by atoms with Crippen LogP contribution in [0.5, 0.6) is 5.75 Å². The predicted molar refractivity (Wildman–Crippen MR) is 108 cm³/mol. The largest absolute Gasteiger partial charge is 0.506 e. The summed E-state index contributed by atoms with van der Waals surface area (Å²) >= 11 is 5.89. The first-order valence-corrected chi connectivity index (χ1v) is 8.56. The Bertz CT molecular complexity index is 980. The van der Waals surface area contributed by atoms with Gasteiger partial charge in [0.15, 0.2) is 5.65 Å². The fourth-order valence-electron chi connectivity index (χ4n) is 2.48. The van der Waals surface area contributed by atoms with E-state index in [0.29, 0.717) is 40.5 Å². The van der Waals surface area contributed by atoms with Crippen LogP contribution >= 0.6 is 24.0 Å². The third-order valence-corrected chi connectivity index (χ3v) is 3.98. The summed E-state index contributed by atoms with van der Waals surface area (Å²) in [6.45, 7) is 4.10. The summed E-state index contributed by atoms with van der Waals surface area (Å²) in [5, 5.41) is 14.3. The molecule has 0 fully saturated rings. The molecule has 27 heavy (non-hydrogen) atoms. The van der Waals surface area contributed by atoms with Gasteiger partial charge >= 0.3 is 5.97 Å². The van der Waals surface area contributed by atoms with Crippen molar-refractivity contribution in [2.75, 3.05) is 11.9 Å². The standard InChI is InChI=1S/C19H18ClN3O3.ClH/c1-3-8-26-19(25)14-10-21-18-13(6-4-11(2)22-18)17(14)23-15-7-5-12(20)9-16(15)24;/h4-7,9-10,24H,3,8H2,1-2H3,(H,21,22,23);1H. The van der Waals surface area contributed by atoms with Gasteiger partial charge in [0, 0.05) is 28.4 Å². The van der Waals surface area contributed by atoms with E-state index < -0.39 is 5.97 Å². The highest BCUT2D eigenvalue weighted by atomic mass is 35.5. The molecule has 6 nitrogen and oxygen atoms in total. The number of carbonyl (C=O) groups excluding carboxylic acids is 1. The van der Waals surface area contributed by atoms with Crippen molar-refractivity contribution < 1.29 is 14.6 Å². The van der Waals surface area contributed by atoms with Gasteiger partial charge in [0.05, 0.1) is 18.0 Å². The van der Waals surface area contributed by atoms with E-state index in [9.17, 15) is 9.90 Å². The summed E-state index contributed by atoms with van der Waals surface area (Å²) in [6, 6.07) is 8.36. The highest BCUT2D eigenvalue weighted by Crippen LogP contribution is 2.34. The van der Waals surface area contributed by atoms with Gasteiger partial charge in [-0.1, -0.05) is 18.5 Å². The van der Waals surface area contributed by atoms with Crippen molar-refractivity contribution in [3.8, 4) is 5.75 Å². The normalized spacial score (nSPS) is 10.3. The summed E-state index contributed by atoms with van der Waals surface area (Å²) in [4.78, 5) is 21.1. The molecule has 0 radical (unpaired) electrons.